The van der Waals surface area contributed by atoms with Crippen molar-refractivity contribution in [3.05, 3.63) is 0 Å². The highest BCUT2D eigenvalue weighted by Gasteiger charge is 2.38. The third-order valence-electron chi connectivity index (χ3n) is 4.94. The summed E-state index contributed by atoms with van der Waals surface area (Å²) in [6, 6.07) is 0.0245. The lowest BCUT2D eigenvalue weighted by molar-refractivity contribution is -0.138. The molecule has 2 unspecified atom stereocenters. The van der Waals surface area contributed by atoms with Crippen molar-refractivity contribution in [2.75, 3.05) is 0 Å². The molecule has 5 nitrogen and oxygen atoms in total. The van der Waals surface area contributed by atoms with Crippen LogP contribution in [-0.2, 0) is 4.79 Å². The fourth-order valence-corrected chi connectivity index (χ4v) is 4.21. The molecule has 5 heteroatoms. The monoisotopic (exact) mass is 296 g/mol. The number of hydrogen-bond donors (Lipinski definition) is 3. The third kappa shape index (κ3) is 4.61. The Kier molecular flexibility index (Phi) is 5.12. The maximum atomic E-state index is 12.3. The van der Waals surface area contributed by atoms with Crippen molar-refractivity contribution in [1.82, 2.24) is 10.6 Å². The summed E-state index contributed by atoms with van der Waals surface area (Å²) in [5.74, 6) is 0.439. The number of hydrogen-bond acceptors (Lipinski definition) is 2. The second kappa shape index (κ2) is 6.67. The van der Waals surface area contributed by atoms with Crippen molar-refractivity contribution in [1.29, 1.82) is 0 Å². The number of carbonyl (C=O) groups is 2. The molecule has 21 heavy (non-hydrogen) atoms. The maximum Gasteiger partial charge on any atom is 0.315 e. The molecule has 0 spiro atoms. The number of aliphatic carboxylic acids is 1. The number of amides is 2. The first-order chi connectivity index (χ1) is 9.88. The number of carboxylic acids is 1. The molecule has 2 saturated carbocycles. The molecule has 0 heterocycles. The van der Waals surface area contributed by atoms with Crippen LogP contribution in [0, 0.1) is 11.8 Å². The Balaban J connectivity index is 1.89. The van der Waals surface area contributed by atoms with Gasteiger partial charge in [-0.05, 0) is 43.9 Å². The Labute approximate surface area is 126 Å². The zero-order valence-corrected chi connectivity index (χ0v) is 13.2. The second-order valence-corrected chi connectivity index (χ2v) is 7.27. The van der Waals surface area contributed by atoms with Crippen LogP contribution in [0.25, 0.3) is 0 Å². The molecule has 120 valence electrons. The first-order valence-corrected chi connectivity index (χ1v) is 8.19. The summed E-state index contributed by atoms with van der Waals surface area (Å²) in [6.45, 7) is 4.45. The van der Waals surface area contributed by atoms with Gasteiger partial charge < -0.3 is 15.7 Å². The van der Waals surface area contributed by atoms with Gasteiger partial charge in [0.1, 0.15) is 0 Å². The molecule has 2 fully saturated rings. The molecule has 0 radical (unpaired) electrons. The Morgan fingerprint density at radius 3 is 2.19 bits per heavy atom. The molecule has 0 bridgehead atoms. The third-order valence-corrected chi connectivity index (χ3v) is 4.94. The first-order valence-electron chi connectivity index (χ1n) is 8.19. The van der Waals surface area contributed by atoms with Gasteiger partial charge in [0.2, 0.25) is 0 Å². The number of carbonyl (C=O) groups excluding carboxylic acids is 1. The van der Waals surface area contributed by atoms with E-state index in [4.69, 9.17) is 5.11 Å². The van der Waals surface area contributed by atoms with Gasteiger partial charge in [0.25, 0.3) is 0 Å². The number of carboxylic acid groups (broad SMARTS) is 1. The second-order valence-electron chi connectivity index (χ2n) is 7.27. The summed E-state index contributed by atoms with van der Waals surface area (Å²) < 4.78 is 0. The van der Waals surface area contributed by atoms with E-state index in [1.807, 2.05) is 0 Å². The summed E-state index contributed by atoms with van der Waals surface area (Å²) in [5, 5.41) is 15.1. The van der Waals surface area contributed by atoms with Crippen molar-refractivity contribution in [2.24, 2.45) is 11.8 Å². The molecule has 2 atom stereocenters. The van der Waals surface area contributed by atoms with Crippen LogP contribution in [0.15, 0.2) is 0 Å². The van der Waals surface area contributed by atoms with Crippen molar-refractivity contribution in [2.45, 2.75) is 76.8 Å². The first kappa shape index (κ1) is 16.1. The minimum Gasteiger partial charge on any atom is -0.481 e. The van der Waals surface area contributed by atoms with Crippen LogP contribution in [0.2, 0.25) is 0 Å². The molecule has 0 aromatic heterocycles. The van der Waals surface area contributed by atoms with Crippen LogP contribution >= 0.6 is 0 Å². The summed E-state index contributed by atoms with van der Waals surface area (Å²) in [5.41, 5.74) is -0.540. The van der Waals surface area contributed by atoms with E-state index in [0.717, 1.165) is 38.5 Å². The van der Waals surface area contributed by atoms with Gasteiger partial charge in [-0.1, -0.05) is 26.7 Å². The predicted octanol–water partition coefficient (Wildman–Crippen LogP) is 2.90. The topological polar surface area (TPSA) is 78.4 Å². The van der Waals surface area contributed by atoms with Gasteiger partial charge in [-0.25, -0.2) is 4.79 Å². The maximum absolute atomic E-state index is 12.3. The number of rotatable bonds is 4. The van der Waals surface area contributed by atoms with Crippen LogP contribution < -0.4 is 10.6 Å². The minimum atomic E-state index is -0.836. The summed E-state index contributed by atoms with van der Waals surface area (Å²) in [4.78, 5) is 23.3. The Hall–Kier alpha value is -1.26. The lowest BCUT2D eigenvalue weighted by atomic mass is 9.80. The fraction of sp³-hybridized carbons (Fsp3) is 0.875. The average Bonchev–Trinajstić information content (AvgIpc) is 2.74. The standard InChI is InChI=1S/C16H28N2O3/c1-11-7-12(2)9-13(8-11)17-15(21)18-16(10-14(19)20)5-3-4-6-16/h11-13H,3-10H2,1-2H3,(H,19,20)(H2,17,18,21). The summed E-state index contributed by atoms with van der Waals surface area (Å²) >= 11 is 0. The molecule has 3 N–H and O–H groups in total. The van der Waals surface area contributed by atoms with Crippen molar-refractivity contribution in [3.8, 4) is 0 Å². The van der Waals surface area contributed by atoms with Crippen LogP contribution in [0.5, 0.6) is 0 Å². The van der Waals surface area contributed by atoms with E-state index in [1.54, 1.807) is 0 Å². The molecule has 0 aromatic rings. The lowest BCUT2D eigenvalue weighted by Gasteiger charge is -2.34. The largest absolute Gasteiger partial charge is 0.481 e. The van der Waals surface area contributed by atoms with Crippen LogP contribution in [-0.4, -0.2) is 28.7 Å². The molecule has 0 saturated heterocycles. The predicted molar refractivity (Wildman–Crippen MR) is 81.1 cm³/mol. The van der Waals surface area contributed by atoms with E-state index >= 15 is 0 Å². The van der Waals surface area contributed by atoms with Gasteiger partial charge in [0.15, 0.2) is 0 Å². The SMILES string of the molecule is CC1CC(C)CC(NC(=O)NC2(CC(=O)O)CCCC2)C1. The van der Waals surface area contributed by atoms with E-state index in [1.165, 1.54) is 6.42 Å². The minimum absolute atomic E-state index is 0.0257. The van der Waals surface area contributed by atoms with E-state index in [9.17, 15) is 9.59 Å². The number of urea groups is 1. The highest BCUT2D eigenvalue weighted by Crippen LogP contribution is 2.33. The van der Waals surface area contributed by atoms with Crippen molar-refractivity contribution >= 4 is 12.0 Å². The quantitative estimate of drug-likeness (QED) is 0.746. The molecule has 2 aliphatic carbocycles. The van der Waals surface area contributed by atoms with Crippen LogP contribution in [0.1, 0.15) is 65.2 Å². The summed E-state index contributed by atoms with van der Waals surface area (Å²) in [6.07, 6.45) is 6.80. The van der Waals surface area contributed by atoms with Gasteiger partial charge in [-0.2, -0.15) is 0 Å². The average molecular weight is 296 g/mol. The zero-order chi connectivity index (χ0) is 15.5. The van der Waals surface area contributed by atoms with E-state index in [-0.39, 0.29) is 18.5 Å². The summed E-state index contributed by atoms with van der Waals surface area (Å²) in [7, 11) is 0. The van der Waals surface area contributed by atoms with Crippen LogP contribution in [0.4, 0.5) is 4.79 Å². The zero-order valence-electron chi connectivity index (χ0n) is 13.2. The van der Waals surface area contributed by atoms with Crippen LogP contribution in [0.3, 0.4) is 0 Å². The molecular formula is C16H28N2O3. The van der Waals surface area contributed by atoms with Gasteiger partial charge in [0, 0.05) is 6.04 Å². The lowest BCUT2D eigenvalue weighted by Crippen LogP contribution is -2.54. The highest BCUT2D eigenvalue weighted by molar-refractivity contribution is 5.77. The normalized spacial score (nSPS) is 31.6. The number of nitrogens with one attached hydrogen (secondary N) is 2. The van der Waals surface area contributed by atoms with E-state index in [2.05, 4.69) is 24.5 Å². The Morgan fingerprint density at radius 2 is 1.67 bits per heavy atom. The van der Waals surface area contributed by atoms with Gasteiger partial charge >= 0.3 is 12.0 Å². The molecule has 2 aliphatic rings. The Bertz CT molecular complexity index is 381. The van der Waals surface area contributed by atoms with E-state index in [0.29, 0.717) is 11.8 Å². The van der Waals surface area contributed by atoms with Crippen molar-refractivity contribution < 1.29 is 14.7 Å². The molecule has 2 amide bonds. The Morgan fingerprint density at radius 1 is 1.10 bits per heavy atom. The smallest absolute Gasteiger partial charge is 0.315 e. The van der Waals surface area contributed by atoms with Gasteiger partial charge in [-0.15, -0.1) is 0 Å². The highest BCUT2D eigenvalue weighted by atomic mass is 16.4. The molecule has 0 aromatic carbocycles. The molecule has 2 rings (SSSR count). The molecular weight excluding hydrogens is 268 g/mol. The van der Waals surface area contributed by atoms with Gasteiger partial charge in [0.05, 0.1) is 12.0 Å². The fourth-order valence-electron chi connectivity index (χ4n) is 4.21. The molecule has 0 aliphatic heterocycles. The van der Waals surface area contributed by atoms with Gasteiger partial charge in [-0.3, -0.25) is 4.79 Å². The van der Waals surface area contributed by atoms with E-state index < -0.39 is 11.5 Å². The van der Waals surface area contributed by atoms with Crippen molar-refractivity contribution in [3.63, 3.8) is 0 Å².